The zero-order chi connectivity index (χ0) is 21.0. The molecule has 164 valence electrons. The molecule has 0 aliphatic carbocycles. The number of benzene rings is 3. The van der Waals surface area contributed by atoms with Crippen molar-refractivity contribution in [1.82, 2.24) is 10.2 Å². The van der Waals surface area contributed by atoms with E-state index in [2.05, 4.69) is 33.7 Å². The van der Waals surface area contributed by atoms with E-state index in [9.17, 15) is 4.79 Å². The summed E-state index contributed by atoms with van der Waals surface area (Å²) in [6, 6.07) is 25.4. The first-order chi connectivity index (χ1) is 15.3. The fraction of sp³-hybridized carbons (Fsp3) is 0.192. The smallest absolute Gasteiger partial charge is 0.255 e. The molecule has 1 aliphatic rings. The van der Waals surface area contributed by atoms with Crippen molar-refractivity contribution in [3.05, 3.63) is 90.0 Å². The summed E-state index contributed by atoms with van der Waals surface area (Å²) in [5, 5.41) is 7.47. The number of piperazine rings is 1. The maximum atomic E-state index is 12.7. The lowest BCUT2D eigenvalue weighted by molar-refractivity contribution is 0.102. The number of halogens is 1. The van der Waals surface area contributed by atoms with Gasteiger partial charge in [0.05, 0.1) is 5.69 Å². The summed E-state index contributed by atoms with van der Waals surface area (Å²) in [6.07, 6.45) is 0. The quantitative estimate of drug-likeness (QED) is 0.442. The lowest BCUT2D eigenvalue weighted by Crippen LogP contribution is -2.42. The van der Waals surface area contributed by atoms with Gasteiger partial charge in [-0.15, -0.1) is 12.4 Å². The van der Waals surface area contributed by atoms with E-state index >= 15 is 0 Å². The molecule has 3 aromatic carbocycles. The summed E-state index contributed by atoms with van der Waals surface area (Å²) < 4.78 is 6.23. The van der Waals surface area contributed by atoms with Crippen LogP contribution in [0.3, 0.4) is 0 Å². The van der Waals surface area contributed by atoms with Gasteiger partial charge in [-0.2, -0.15) is 0 Å². The maximum absolute atomic E-state index is 12.7. The van der Waals surface area contributed by atoms with Gasteiger partial charge >= 0.3 is 0 Å². The fourth-order valence-corrected chi connectivity index (χ4v) is 4.03. The van der Waals surface area contributed by atoms with E-state index in [1.54, 1.807) is 12.1 Å². The minimum absolute atomic E-state index is 0. The van der Waals surface area contributed by atoms with Gasteiger partial charge in [0.2, 0.25) is 0 Å². The average Bonchev–Trinajstić information content (AvgIpc) is 3.24. The number of nitrogens with one attached hydrogen (secondary N) is 2. The number of furan rings is 1. The van der Waals surface area contributed by atoms with E-state index in [0.717, 1.165) is 60.7 Å². The maximum Gasteiger partial charge on any atom is 0.255 e. The van der Waals surface area contributed by atoms with Crippen LogP contribution >= 0.6 is 12.4 Å². The molecule has 1 saturated heterocycles. The molecule has 0 unspecified atom stereocenters. The number of amides is 1. The third-order valence-corrected chi connectivity index (χ3v) is 5.68. The van der Waals surface area contributed by atoms with Gasteiger partial charge in [-0.3, -0.25) is 9.69 Å². The standard InChI is InChI=1S/C26H25N3O2.ClH/c30-26(20-6-2-1-3-7-20)28-23-9-5-4-8-22(23)25-17-21-11-10-19(16-24(21)31-25)18-29-14-12-27-13-15-29;/h1-11,16-17,27H,12-15,18H2,(H,28,30);1H. The van der Waals surface area contributed by atoms with Crippen molar-refractivity contribution in [3.8, 4) is 11.3 Å². The monoisotopic (exact) mass is 447 g/mol. The molecule has 1 aliphatic heterocycles. The Hall–Kier alpha value is -3.12. The molecule has 2 heterocycles. The van der Waals surface area contributed by atoms with Crippen molar-refractivity contribution in [2.45, 2.75) is 6.54 Å². The second-order valence-corrected chi connectivity index (χ2v) is 7.87. The molecule has 0 saturated carbocycles. The Labute approximate surface area is 193 Å². The molecule has 1 aromatic heterocycles. The number of carbonyl (C=O) groups is 1. The van der Waals surface area contributed by atoms with Crippen molar-refractivity contribution < 1.29 is 9.21 Å². The van der Waals surface area contributed by atoms with Crippen LogP contribution in [0.25, 0.3) is 22.3 Å². The highest BCUT2D eigenvalue weighted by atomic mass is 35.5. The van der Waals surface area contributed by atoms with Crippen molar-refractivity contribution in [3.63, 3.8) is 0 Å². The van der Waals surface area contributed by atoms with Gasteiger partial charge in [0.25, 0.3) is 5.91 Å². The first-order valence-electron chi connectivity index (χ1n) is 10.7. The highest BCUT2D eigenvalue weighted by molar-refractivity contribution is 6.06. The van der Waals surface area contributed by atoms with Crippen LogP contribution < -0.4 is 10.6 Å². The van der Waals surface area contributed by atoms with Crippen molar-refractivity contribution >= 4 is 35.0 Å². The Morgan fingerprint density at radius 2 is 1.69 bits per heavy atom. The number of para-hydroxylation sites is 1. The summed E-state index contributed by atoms with van der Waals surface area (Å²) in [5.74, 6) is 0.612. The summed E-state index contributed by atoms with van der Waals surface area (Å²) in [5.41, 5.74) is 4.34. The van der Waals surface area contributed by atoms with Gasteiger partial charge in [0, 0.05) is 49.2 Å². The van der Waals surface area contributed by atoms with Crippen molar-refractivity contribution in [2.24, 2.45) is 0 Å². The van der Waals surface area contributed by atoms with Gasteiger partial charge in [0.15, 0.2) is 0 Å². The van der Waals surface area contributed by atoms with Crippen molar-refractivity contribution in [2.75, 3.05) is 31.5 Å². The highest BCUT2D eigenvalue weighted by Crippen LogP contribution is 2.33. The number of rotatable bonds is 5. The molecule has 4 aromatic rings. The van der Waals surface area contributed by atoms with Crippen LogP contribution in [0, 0.1) is 0 Å². The summed E-state index contributed by atoms with van der Waals surface area (Å²) >= 11 is 0. The third kappa shape index (κ3) is 4.86. The normalized spacial score (nSPS) is 14.1. The molecule has 5 rings (SSSR count). The second-order valence-electron chi connectivity index (χ2n) is 7.87. The Morgan fingerprint density at radius 1 is 0.938 bits per heavy atom. The average molecular weight is 448 g/mol. The molecule has 0 spiro atoms. The van der Waals surface area contributed by atoms with Gasteiger partial charge < -0.3 is 15.1 Å². The Kier molecular flexibility index (Phi) is 6.90. The number of carbonyl (C=O) groups excluding carboxylic acids is 1. The predicted octanol–water partition coefficient (Wildman–Crippen LogP) is 5.18. The zero-order valence-electron chi connectivity index (χ0n) is 17.7. The number of hydrogen-bond donors (Lipinski definition) is 2. The summed E-state index contributed by atoms with van der Waals surface area (Å²) in [7, 11) is 0. The SMILES string of the molecule is Cl.O=C(Nc1ccccc1-c1cc2ccc(CN3CCNCC3)cc2o1)c1ccccc1. The van der Waals surface area contributed by atoms with Gasteiger partial charge in [0.1, 0.15) is 11.3 Å². The molecule has 1 fully saturated rings. The van der Waals surface area contributed by atoms with E-state index < -0.39 is 0 Å². The molecule has 32 heavy (non-hydrogen) atoms. The van der Waals surface area contributed by atoms with Crippen LogP contribution in [-0.2, 0) is 6.54 Å². The van der Waals surface area contributed by atoms with Gasteiger partial charge in [-0.25, -0.2) is 0 Å². The largest absolute Gasteiger partial charge is 0.456 e. The molecular weight excluding hydrogens is 422 g/mol. The Bertz CT molecular complexity index is 1200. The molecule has 5 nitrogen and oxygen atoms in total. The summed E-state index contributed by atoms with van der Waals surface area (Å²) in [6.45, 7) is 5.14. The first-order valence-corrected chi connectivity index (χ1v) is 10.7. The van der Waals surface area contributed by atoms with E-state index in [0.29, 0.717) is 5.56 Å². The van der Waals surface area contributed by atoms with E-state index in [1.807, 2.05) is 48.5 Å². The van der Waals surface area contributed by atoms with E-state index in [4.69, 9.17) is 4.42 Å². The third-order valence-electron chi connectivity index (χ3n) is 5.68. The lowest BCUT2D eigenvalue weighted by Gasteiger charge is -2.27. The lowest BCUT2D eigenvalue weighted by atomic mass is 10.1. The topological polar surface area (TPSA) is 57.5 Å². The zero-order valence-corrected chi connectivity index (χ0v) is 18.5. The molecule has 0 radical (unpaired) electrons. The molecule has 6 heteroatoms. The number of anilines is 1. The molecule has 0 atom stereocenters. The number of nitrogens with zero attached hydrogens (tertiary/aromatic N) is 1. The highest BCUT2D eigenvalue weighted by Gasteiger charge is 2.15. The van der Waals surface area contributed by atoms with Gasteiger partial charge in [-0.1, -0.05) is 42.5 Å². The Morgan fingerprint density at radius 3 is 2.50 bits per heavy atom. The van der Waals surface area contributed by atoms with Gasteiger partial charge in [-0.05, 0) is 42.0 Å². The van der Waals surface area contributed by atoms with Crippen LogP contribution in [0.1, 0.15) is 15.9 Å². The number of fused-ring (bicyclic) bond motifs is 1. The van der Waals surface area contributed by atoms with Crippen LogP contribution in [-0.4, -0.2) is 37.0 Å². The van der Waals surface area contributed by atoms with Crippen LogP contribution in [0.15, 0.2) is 83.3 Å². The Balaban J connectivity index is 0.00000245. The first kappa shape index (κ1) is 22.1. The van der Waals surface area contributed by atoms with E-state index in [1.165, 1.54) is 5.56 Å². The minimum atomic E-state index is -0.137. The van der Waals surface area contributed by atoms with Crippen LogP contribution in [0.2, 0.25) is 0 Å². The molecular formula is C26H26ClN3O2. The number of hydrogen-bond acceptors (Lipinski definition) is 4. The van der Waals surface area contributed by atoms with Crippen molar-refractivity contribution in [1.29, 1.82) is 0 Å². The summed E-state index contributed by atoms with van der Waals surface area (Å²) in [4.78, 5) is 15.1. The van der Waals surface area contributed by atoms with E-state index in [-0.39, 0.29) is 18.3 Å². The predicted molar refractivity (Wildman–Crippen MR) is 131 cm³/mol. The van der Waals surface area contributed by atoms with Crippen LogP contribution in [0.4, 0.5) is 5.69 Å². The minimum Gasteiger partial charge on any atom is -0.456 e. The molecule has 2 N–H and O–H groups in total. The fourth-order valence-electron chi connectivity index (χ4n) is 4.03. The van der Waals surface area contributed by atoms with Crippen LogP contribution in [0.5, 0.6) is 0 Å². The molecule has 0 bridgehead atoms. The second kappa shape index (κ2) is 10.0. The molecule has 1 amide bonds.